The molecule has 5 atom stereocenters. The molecule has 0 aliphatic carbocycles. The van der Waals surface area contributed by atoms with Crippen molar-refractivity contribution in [1.29, 1.82) is 0 Å². The monoisotopic (exact) mass is 472 g/mol. The highest BCUT2D eigenvalue weighted by atomic mass is 16.6. The van der Waals surface area contributed by atoms with Crippen LogP contribution in [0.5, 0.6) is 0 Å². The maximum absolute atomic E-state index is 6.51. The quantitative estimate of drug-likeness (QED) is 0.385. The third-order valence-corrected chi connectivity index (χ3v) is 6.34. The van der Waals surface area contributed by atoms with E-state index in [4.69, 9.17) is 23.7 Å². The Bertz CT molecular complexity index is 1040. The summed E-state index contributed by atoms with van der Waals surface area (Å²) in [6.45, 7) is 2.39. The second-order valence-electron chi connectivity index (χ2n) is 8.89. The van der Waals surface area contributed by atoms with E-state index in [2.05, 4.69) is 42.5 Å². The first-order valence-electron chi connectivity index (χ1n) is 12.2. The Hall–Kier alpha value is -2.80. The van der Waals surface area contributed by atoms with Gasteiger partial charge in [-0.05, 0) is 16.7 Å². The lowest BCUT2D eigenvalue weighted by molar-refractivity contribution is -0.262. The number of hydrogen-bond acceptors (Lipinski definition) is 5. The molecule has 182 valence electrons. The van der Waals surface area contributed by atoms with E-state index in [9.17, 15) is 0 Å². The van der Waals surface area contributed by atoms with E-state index in [1.54, 1.807) is 0 Å². The largest absolute Gasteiger partial charge is 0.374 e. The molecule has 0 bridgehead atoms. The summed E-state index contributed by atoms with van der Waals surface area (Å²) < 4.78 is 31.7. The number of rotatable bonds is 10. The van der Waals surface area contributed by atoms with Gasteiger partial charge in [0.15, 0.2) is 0 Å². The number of fused-ring (bicyclic) bond motifs is 1. The molecule has 0 unspecified atom stereocenters. The molecule has 0 aromatic heterocycles. The van der Waals surface area contributed by atoms with Crippen LogP contribution in [0.25, 0.3) is 0 Å². The third-order valence-electron chi connectivity index (χ3n) is 6.34. The molecule has 5 nitrogen and oxygen atoms in total. The minimum absolute atomic E-state index is 0.202. The summed E-state index contributed by atoms with van der Waals surface area (Å²) in [5, 5.41) is 0. The molecule has 3 aromatic carbocycles. The van der Waals surface area contributed by atoms with E-state index in [1.807, 2.05) is 60.7 Å². The van der Waals surface area contributed by atoms with E-state index in [1.165, 1.54) is 0 Å². The van der Waals surface area contributed by atoms with Crippen molar-refractivity contribution >= 4 is 0 Å². The lowest BCUT2D eigenvalue weighted by Gasteiger charge is -2.46. The fourth-order valence-corrected chi connectivity index (χ4v) is 4.57. The Kier molecular flexibility index (Phi) is 8.37. The van der Waals surface area contributed by atoms with E-state index in [0.29, 0.717) is 33.0 Å². The van der Waals surface area contributed by atoms with Crippen molar-refractivity contribution in [1.82, 2.24) is 0 Å². The zero-order valence-corrected chi connectivity index (χ0v) is 19.8. The first kappa shape index (κ1) is 23.9. The molecule has 2 aliphatic rings. The van der Waals surface area contributed by atoms with Crippen LogP contribution in [0.4, 0.5) is 0 Å². The van der Waals surface area contributed by atoms with Gasteiger partial charge in [0.25, 0.3) is 0 Å². The standard InChI is InChI=1S/C30H32O5/c1-4-11-23(12-5-1)19-31-22-27-29(33-20-24-13-6-2-7-14-24)30(28-26(35-27)17-10-18-32-28)34-21-25-15-8-3-9-16-25/h1-17,26-30H,18-22H2/t26-,27+,28-,29+,30+/m0/s1. The highest BCUT2D eigenvalue weighted by molar-refractivity contribution is 5.16. The SMILES string of the molecule is C1=C[C@@H]2O[C@H](COCc3ccccc3)[C@@H](OCc3ccccc3)[C@H](OCc3ccccc3)[C@H]2OC1. The molecule has 5 rings (SSSR count). The minimum Gasteiger partial charge on any atom is -0.374 e. The molecule has 35 heavy (non-hydrogen) atoms. The Balaban J connectivity index is 1.33. The second kappa shape index (κ2) is 12.2. The third kappa shape index (κ3) is 6.45. The zero-order valence-electron chi connectivity index (χ0n) is 19.8. The highest BCUT2D eigenvalue weighted by Gasteiger charge is 2.48. The van der Waals surface area contributed by atoms with Crippen LogP contribution in [0.1, 0.15) is 16.7 Å². The molecule has 0 amide bonds. The van der Waals surface area contributed by atoms with Crippen LogP contribution in [0.15, 0.2) is 103 Å². The van der Waals surface area contributed by atoms with Crippen molar-refractivity contribution in [2.75, 3.05) is 13.2 Å². The van der Waals surface area contributed by atoms with Gasteiger partial charge in [0.1, 0.15) is 30.5 Å². The van der Waals surface area contributed by atoms with E-state index in [0.717, 1.165) is 16.7 Å². The van der Waals surface area contributed by atoms with Gasteiger partial charge in [0.05, 0.1) is 33.0 Å². The van der Waals surface area contributed by atoms with Gasteiger partial charge >= 0.3 is 0 Å². The van der Waals surface area contributed by atoms with Crippen LogP contribution < -0.4 is 0 Å². The zero-order chi connectivity index (χ0) is 23.7. The summed E-state index contributed by atoms with van der Waals surface area (Å²) in [6, 6.07) is 30.5. The predicted octanol–water partition coefficient (Wildman–Crippen LogP) is 5.10. The Labute approximate surface area is 207 Å². The summed E-state index contributed by atoms with van der Waals surface area (Å²) in [4.78, 5) is 0. The van der Waals surface area contributed by atoms with Gasteiger partial charge in [-0.2, -0.15) is 0 Å². The normalized spacial score (nSPS) is 25.8. The minimum atomic E-state index is -0.345. The van der Waals surface area contributed by atoms with E-state index < -0.39 is 0 Å². The molecule has 1 saturated heterocycles. The van der Waals surface area contributed by atoms with Gasteiger partial charge in [-0.15, -0.1) is 0 Å². The first-order chi connectivity index (χ1) is 17.4. The van der Waals surface area contributed by atoms with Crippen molar-refractivity contribution in [3.8, 4) is 0 Å². The summed E-state index contributed by atoms with van der Waals surface area (Å²) in [7, 11) is 0. The molecule has 2 aliphatic heterocycles. The maximum atomic E-state index is 6.51. The van der Waals surface area contributed by atoms with Gasteiger partial charge < -0.3 is 23.7 Å². The second-order valence-corrected chi connectivity index (χ2v) is 8.89. The van der Waals surface area contributed by atoms with Crippen LogP contribution in [0, 0.1) is 0 Å². The van der Waals surface area contributed by atoms with Crippen LogP contribution in [0.2, 0.25) is 0 Å². The fraction of sp³-hybridized carbons (Fsp3) is 0.333. The van der Waals surface area contributed by atoms with Crippen molar-refractivity contribution < 1.29 is 23.7 Å². The van der Waals surface area contributed by atoms with Gasteiger partial charge in [0.2, 0.25) is 0 Å². The molecular formula is C30H32O5. The summed E-state index contributed by atoms with van der Waals surface area (Å²) in [5.41, 5.74) is 3.34. The van der Waals surface area contributed by atoms with Crippen LogP contribution in [0.3, 0.4) is 0 Å². The van der Waals surface area contributed by atoms with Crippen LogP contribution >= 0.6 is 0 Å². The van der Waals surface area contributed by atoms with Gasteiger partial charge in [-0.25, -0.2) is 0 Å². The molecule has 5 heteroatoms. The summed E-state index contributed by atoms with van der Waals surface area (Å²) >= 11 is 0. The molecule has 3 aromatic rings. The van der Waals surface area contributed by atoms with Gasteiger partial charge in [-0.1, -0.05) is 103 Å². The maximum Gasteiger partial charge on any atom is 0.116 e. The molecule has 2 heterocycles. The number of hydrogen-bond donors (Lipinski definition) is 0. The summed E-state index contributed by atoms with van der Waals surface area (Å²) in [5.74, 6) is 0. The van der Waals surface area contributed by atoms with Crippen molar-refractivity contribution in [3.63, 3.8) is 0 Å². The molecule has 0 radical (unpaired) electrons. The smallest absolute Gasteiger partial charge is 0.116 e. The van der Waals surface area contributed by atoms with Crippen LogP contribution in [-0.2, 0) is 43.5 Å². The van der Waals surface area contributed by atoms with Crippen molar-refractivity contribution in [2.24, 2.45) is 0 Å². The van der Waals surface area contributed by atoms with Gasteiger partial charge in [0, 0.05) is 0 Å². The Morgan fingerprint density at radius 2 is 1.20 bits per heavy atom. The summed E-state index contributed by atoms with van der Waals surface area (Å²) in [6.07, 6.45) is 2.69. The molecule has 0 spiro atoms. The Morgan fingerprint density at radius 1 is 0.657 bits per heavy atom. The van der Waals surface area contributed by atoms with Gasteiger partial charge in [-0.3, -0.25) is 0 Å². The number of benzene rings is 3. The molecular weight excluding hydrogens is 440 g/mol. The first-order valence-corrected chi connectivity index (χ1v) is 12.2. The average Bonchev–Trinajstić information content (AvgIpc) is 2.92. The Morgan fingerprint density at radius 3 is 1.80 bits per heavy atom. The van der Waals surface area contributed by atoms with Crippen LogP contribution in [-0.4, -0.2) is 43.7 Å². The fourth-order valence-electron chi connectivity index (χ4n) is 4.57. The lowest BCUT2D eigenvalue weighted by Crippen LogP contribution is -2.61. The highest BCUT2D eigenvalue weighted by Crippen LogP contribution is 2.32. The predicted molar refractivity (Wildman–Crippen MR) is 134 cm³/mol. The van der Waals surface area contributed by atoms with Crippen molar-refractivity contribution in [3.05, 3.63) is 120 Å². The average molecular weight is 473 g/mol. The molecule has 0 saturated carbocycles. The van der Waals surface area contributed by atoms with E-state index >= 15 is 0 Å². The molecule has 0 N–H and O–H groups in total. The van der Waals surface area contributed by atoms with E-state index in [-0.39, 0.29) is 30.5 Å². The molecule has 1 fully saturated rings. The number of ether oxygens (including phenoxy) is 5. The lowest BCUT2D eigenvalue weighted by atomic mass is 9.93. The van der Waals surface area contributed by atoms with Crippen molar-refractivity contribution in [2.45, 2.75) is 50.3 Å². The topological polar surface area (TPSA) is 46.2 Å².